The number of rotatable bonds is 5. The molecule has 1 aromatic carbocycles. The van der Waals surface area contributed by atoms with Crippen molar-refractivity contribution in [3.05, 3.63) is 47.7 Å². The first-order chi connectivity index (χ1) is 8.76. The van der Waals surface area contributed by atoms with E-state index >= 15 is 0 Å². The van der Waals surface area contributed by atoms with Crippen LogP contribution in [0.2, 0.25) is 0 Å². The van der Waals surface area contributed by atoms with Gasteiger partial charge in [-0.05, 0) is 38.1 Å². The van der Waals surface area contributed by atoms with E-state index in [9.17, 15) is 0 Å². The standard InChI is InChI=1S/C16H21NO/c1-4-7-13-8-5-6-9-14(13)16-11-10-15(18-16)12(2)17-3/h5-6,8-12,17H,4,7H2,1-3H3. The molecule has 1 atom stereocenters. The van der Waals surface area contributed by atoms with Crippen molar-refractivity contribution in [2.75, 3.05) is 7.05 Å². The van der Waals surface area contributed by atoms with Gasteiger partial charge >= 0.3 is 0 Å². The summed E-state index contributed by atoms with van der Waals surface area (Å²) in [6, 6.07) is 12.8. The second-order valence-corrected chi connectivity index (χ2v) is 4.62. The van der Waals surface area contributed by atoms with Crippen molar-refractivity contribution in [3.8, 4) is 11.3 Å². The van der Waals surface area contributed by atoms with Crippen LogP contribution in [0.25, 0.3) is 11.3 Å². The SMILES string of the molecule is CCCc1ccccc1-c1ccc(C(C)NC)o1. The smallest absolute Gasteiger partial charge is 0.134 e. The molecule has 2 nitrogen and oxygen atoms in total. The van der Waals surface area contributed by atoms with Crippen LogP contribution in [0.15, 0.2) is 40.8 Å². The molecule has 18 heavy (non-hydrogen) atoms. The third-order valence-electron chi connectivity index (χ3n) is 3.29. The molecule has 2 aromatic rings. The van der Waals surface area contributed by atoms with Crippen LogP contribution in [0.3, 0.4) is 0 Å². The Hall–Kier alpha value is -1.54. The lowest BCUT2D eigenvalue weighted by molar-refractivity contribution is 0.458. The van der Waals surface area contributed by atoms with E-state index in [-0.39, 0.29) is 6.04 Å². The Bertz CT molecular complexity index is 501. The number of furan rings is 1. The highest BCUT2D eigenvalue weighted by atomic mass is 16.3. The molecule has 0 amide bonds. The van der Waals surface area contributed by atoms with Crippen LogP contribution in [0.1, 0.15) is 37.6 Å². The molecule has 0 saturated heterocycles. The Kier molecular flexibility index (Phi) is 4.21. The van der Waals surface area contributed by atoms with Gasteiger partial charge in [0.2, 0.25) is 0 Å². The van der Waals surface area contributed by atoms with Gasteiger partial charge in [-0.3, -0.25) is 0 Å². The first-order valence-corrected chi connectivity index (χ1v) is 6.61. The van der Waals surface area contributed by atoms with Crippen molar-refractivity contribution in [2.24, 2.45) is 0 Å². The summed E-state index contributed by atoms with van der Waals surface area (Å²) < 4.78 is 5.95. The van der Waals surface area contributed by atoms with Crippen LogP contribution >= 0.6 is 0 Å². The molecule has 0 radical (unpaired) electrons. The minimum Gasteiger partial charge on any atom is -0.459 e. The van der Waals surface area contributed by atoms with Gasteiger partial charge in [0.05, 0.1) is 6.04 Å². The summed E-state index contributed by atoms with van der Waals surface area (Å²) in [7, 11) is 1.94. The summed E-state index contributed by atoms with van der Waals surface area (Å²) in [5.74, 6) is 1.95. The molecule has 0 fully saturated rings. The van der Waals surface area contributed by atoms with Gasteiger partial charge in [-0.25, -0.2) is 0 Å². The highest BCUT2D eigenvalue weighted by molar-refractivity contribution is 5.62. The molecule has 0 aliphatic heterocycles. The van der Waals surface area contributed by atoms with Crippen molar-refractivity contribution in [2.45, 2.75) is 32.7 Å². The molecule has 0 aliphatic carbocycles. The van der Waals surface area contributed by atoms with E-state index in [1.54, 1.807) is 0 Å². The Balaban J connectivity index is 2.33. The Labute approximate surface area is 109 Å². The summed E-state index contributed by atoms with van der Waals surface area (Å²) in [5, 5.41) is 3.19. The molecule has 2 heteroatoms. The molecule has 2 rings (SSSR count). The molecule has 96 valence electrons. The highest BCUT2D eigenvalue weighted by Gasteiger charge is 2.11. The van der Waals surface area contributed by atoms with Gasteiger partial charge in [0, 0.05) is 5.56 Å². The average Bonchev–Trinajstić information content (AvgIpc) is 2.88. The van der Waals surface area contributed by atoms with Gasteiger partial charge in [0.15, 0.2) is 0 Å². The predicted molar refractivity (Wildman–Crippen MR) is 75.6 cm³/mol. The first-order valence-electron chi connectivity index (χ1n) is 6.61. The molecule has 0 saturated carbocycles. The lowest BCUT2D eigenvalue weighted by atomic mass is 10.0. The molecular formula is C16H21NO. The van der Waals surface area contributed by atoms with Crippen LogP contribution in [0, 0.1) is 0 Å². The van der Waals surface area contributed by atoms with Gasteiger partial charge in [-0.1, -0.05) is 37.6 Å². The number of nitrogens with one attached hydrogen (secondary N) is 1. The number of benzene rings is 1. The van der Waals surface area contributed by atoms with E-state index in [0.717, 1.165) is 24.4 Å². The van der Waals surface area contributed by atoms with E-state index in [1.165, 1.54) is 11.1 Å². The zero-order chi connectivity index (χ0) is 13.0. The molecule has 1 N–H and O–H groups in total. The van der Waals surface area contributed by atoms with Crippen LogP contribution in [0.4, 0.5) is 0 Å². The van der Waals surface area contributed by atoms with Crippen LogP contribution in [-0.2, 0) is 6.42 Å². The summed E-state index contributed by atoms with van der Waals surface area (Å²) in [6.45, 7) is 4.30. The monoisotopic (exact) mass is 243 g/mol. The third-order valence-corrected chi connectivity index (χ3v) is 3.29. The van der Waals surface area contributed by atoms with Crippen LogP contribution < -0.4 is 5.32 Å². The summed E-state index contributed by atoms with van der Waals surface area (Å²) in [5.41, 5.74) is 2.58. The van der Waals surface area contributed by atoms with Gasteiger partial charge in [0.25, 0.3) is 0 Å². The minimum atomic E-state index is 0.247. The van der Waals surface area contributed by atoms with Crippen LogP contribution in [0.5, 0.6) is 0 Å². The maximum atomic E-state index is 5.95. The van der Waals surface area contributed by atoms with Crippen molar-refractivity contribution in [1.82, 2.24) is 5.32 Å². The van der Waals surface area contributed by atoms with Crippen molar-refractivity contribution >= 4 is 0 Å². The largest absolute Gasteiger partial charge is 0.459 e. The molecule has 0 aliphatic rings. The normalized spacial score (nSPS) is 12.6. The molecule has 0 bridgehead atoms. The average molecular weight is 243 g/mol. The third kappa shape index (κ3) is 2.65. The summed E-state index contributed by atoms with van der Waals surface area (Å²) in [4.78, 5) is 0. The van der Waals surface area contributed by atoms with Crippen molar-refractivity contribution in [1.29, 1.82) is 0 Å². The lowest BCUT2D eigenvalue weighted by Crippen LogP contribution is -2.11. The zero-order valence-corrected chi connectivity index (χ0v) is 11.4. The zero-order valence-electron chi connectivity index (χ0n) is 11.4. The maximum absolute atomic E-state index is 5.95. The Morgan fingerprint density at radius 2 is 1.94 bits per heavy atom. The fourth-order valence-electron chi connectivity index (χ4n) is 2.12. The lowest BCUT2D eigenvalue weighted by Gasteiger charge is -2.08. The molecule has 0 spiro atoms. The van der Waals surface area contributed by atoms with E-state index in [1.807, 2.05) is 7.05 Å². The second-order valence-electron chi connectivity index (χ2n) is 4.62. The molecule has 1 aromatic heterocycles. The van der Waals surface area contributed by atoms with Crippen LogP contribution in [-0.4, -0.2) is 7.05 Å². The molecule has 1 heterocycles. The maximum Gasteiger partial charge on any atom is 0.134 e. The fourth-order valence-corrected chi connectivity index (χ4v) is 2.12. The van der Waals surface area contributed by atoms with Gasteiger partial charge in [0.1, 0.15) is 11.5 Å². The highest BCUT2D eigenvalue weighted by Crippen LogP contribution is 2.28. The Morgan fingerprint density at radius 1 is 1.17 bits per heavy atom. The van der Waals surface area contributed by atoms with Gasteiger partial charge in [-0.2, -0.15) is 0 Å². The summed E-state index contributed by atoms with van der Waals surface area (Å²) >= 11 is 0. The fraction of sp³-hybridized carbons (Fsp3) is 0.375. The van der Waals surface area contributed by atoms with E-state index in [0.29, 0.717) is 0 Å². The first kappa shape index (κ1) is 12.9. The van der Waals surface area contributed by atoms with E-state index in [4.69, 9.17) is 4.42 Å². The number of aryl methyl sites for hydroxylation is 1. The van der Waals surface area contributed by atoms with E-state index < -0.39 is 0 Å². The second kappa shape index (κ2) is 5.87. The minimum absolute atomic E-state index is 0.247. The number of hydrogen-bond acceptors (Lipinski definition) is 2. The quantitative estimate of drug-likeness (QED) is 0.852. The van der Waals surface area contributed by atoms with Crippen molar-refractivity contribution in [3.63, 3.8) is 0 Å². The Morgan fingerprint density at radius 3 is 2.67 bits per heavy atom. The molecular weight excluding hydrogens is 222 g/mol. The van der Waals surface area contributed by atoms with Gasteiger partial charge < -0.3 is 9.73 Å². The summed E-state index contributed by atoms with van der Waals surface area (Å²) in [6.07, 6.45) is 2.24. The topological polar surface area (TPSA) is 25.2 Å². The van der Waals surface area contributed by atoms with Crippen molar-refractivity contribution < 1.29 is 4.42 Å². The molecule has 1 unspecified atom stereocenters. The van der Waals surface area contributed by atoms with E-state index in [2.05, 4.69) is 55.6 Å². The number of hydrogen-bond donors (Lipinski definition) is 1. The van der Waals surface area contributed by atoms with Gasteiger partial charge in [-0.15, -0.1) is 0 Å². The predicted octanol–water partition coefficient (Wildman–Crippen LogP) is 4.18.